The van der Waals surface area contributed by atoms with E-state index < -0.39 is 34.3 Å². The number of hydrogen-bond acceptors (Lipinski definition) is 8. The number of ether oxygens (including phenoxy) is 2. The zero-order chi connectivity index (χ0) is 18.2. The molecule has 3 rings (SSSR count). The van der Waals surface area contributed by atoms with E-state index in [1.54, 1.807) is 0 Å². The molecule has 1 heterocycles. The molecular weight excluding hydrogens is 356 g/mol. The van der Waals surface area contributed by atoms with Crippen LogP contribution >= 0.6 is 0 Å². The van der Waals surface area contributed by atoms with Gasteiger partial charge >= 0.3 is 10.4 Å². The Morgan fingerprint density at radius 1 is 1.00 bits per heavy atom. The molecule has 0 fully saturated rings. The van der Waals surface area contributed by atoms with E-state index in [9.17, 15) is 23.4 Å². The van der Waals surface area contributed by atoms with Crippen molar-refractivity contribution < 1.29 is 41.6 Å². The first-order valence-corrected chi connectivity index (χ1v) is 8.23. The highest BCUT2D eigenvalue weighted by atomic mass is 32.3. The van der Waals surface area contributed by atoms with E-state index in [-0.39, 0.29) is 17.1 Å². The van der Waals surface area contributed by atoms with Crippen molar-refractivity contribution in [2.45, 2.75) is 12.4 Å². The Morgan fingerprint density at radius 3 is 2.40 bits per heavy atom. The van der Waals surface area contributed by atoms with Crippen LogP contribution in [0.3, 0.4) is 0 Å². The number of hydrogen-bond donors (Lipinski definition) is 3. The Labute approximate surface area is 142 Å². The molecule has 0 aromatic heterocycles. The summed E-state index contributed by atoms with van der Waals surface area (Å²) in [6.07, 6.45) is -2.23. The maximum Gasteiger partial charge on any atom is 0.400 e. The summed E-state index contributed by atoms with van der Waals surface area (Å²) in [5.41, 5.74) is 0.495. The maximum atomic E-state index is 11.1. The van der Waals surface area contributed by atoms with Gasteiger partial charge in [0.25, 0.3) is 6.29 Å². The second-order valence-electron chi connectivity index (χ2n) is 5.12. The minimum atomic E-state index is -4.87. The van der Waals surface area contributed by atoms with E-state index in [1.165, 1.54) is 24.3 Å². The van der Waals surface area contributed by atoms with Gasteiger partial charge < -0.3 is 19.7 Å². The molecule has 0 saturated heterocycles. The number of fused-ring (bicyclic) bond motifs is 1. The van der Waals surface area contributed by atoms with Crippen molar-refractivity contribution in [3.8, 4) is 23.0 Å². The van der Waals surface area contributed by atoms with Crippen molar-refractivity contribution >= 4 is 16.7 Å². The average Bonchev–Trinajstić information content (AvgIpc) is 2.55. The number of benzene rings is 2. The Balaban J connectivity index is 2.04. The van der Waals surface area contributed by atoms with E-state index >= 15 is 0 Å². The number of aromatic hydroxyl groups is 2. The highest BCUT2D eigenvalue weighted by Gasteiger charge is 2.37. The first-order valence-electron chi connectivity index (χ1n) is 6.87. The molecule has 0 bridgehead atoms. The molecule has 25 heavy (non-hydrogen) atoms. The van der Waals surface area contributed by atoms with Crippen LogP contribution in [0.25, 0.3) is 0 Å². The van der Waals surface area contributed by atoms with E-state index in [0.29, 0.717) is 11.8 Å². The van der Waals surface area contributed by atoms with Crippen LogP contribution in [-0.2, 0) is 14.6 Å². The lowest BCUT2D eigenvalue weighted by atomic mass is 10.1. The molecule has 10 heteroatoms. The number of aldehydes is 1. The van der Waals surface area contributed by atoms with Gasteiger partial charge in [0.1, 0.15) is 6.29 Å². The van der Waals surface area contributed by atoms with Gasteiger partial charge in [-0.15, -0.1) is 0 Å². The topological polar surface area (TPSA) is 140 Å². The van der Waals surface area contributed by atoms with Crippen LogP contribution in [-0.4, -0.2) is 35.8 Å². The molecule has 0 unspecified atom stereocenters. The van der Waals surface area contributed by atoms with E-state index in [0.717, 1.165) is 12.1 Å². The summed E-state index contributed by atoms with van der Waals surface area (Å²) < 4.78 is 46.6. The SMILES string of the molecule is O=Cc1ccc2c(c1)O[C@@H](c1ccc(O)c(O)c1)[C@H](OS(=O)(=O)O)O2. The first kappa shape index (κ1) is 17.0. The molecule has 1 aliphatic heterocycles. The van der Waals surface area contributed by atoms with Gasteiger partial charge in [0.05, 0.1) is 0 Å². The lowest BCUT2D eigenvalue weighted by Crippen LogP contribution is -2.37. The van der Waals surface area contributed by atoms with Crippen molar-refractivity contribution in [1.82, 2.24) is 0 Å². The third-order valence-corrected chi connectivity index (χ3v) is 3.83. The van der Waals surface area contributed by atoms with Crippen LogP contribution in [0.5, 0.6) is 23.0 Å². The summed E-state index contributed by atoms with van der Waals surface area (Å²) in [6.45, 7) is 0. The minimum Gasteiger partial charge on any atom is -0.504 e. The summed E-state index contributed by atoms with van der Waals surface area (Å²) in [6, 6.07) is 7.81. The van der Waals surface area contributed by atoms with Crippen molar-refractivity contribution in [1.29, 1.82) is 0 Å². The summed E-state index contributed by atoms with van der Waals surface area (Å²) in [5, 5.41) is 19.0. The Kier molecular flexibility index (Phi) is 4.25. The lowest BCUT2D eigenvalue weighted by Gasteiger charge is -2.32. The molecule has 2 atom stereocenters. The number of rotatable bonds is 4. The van der Waals surface area contributed by atoms with E-state index in [4.69, 9.17) is 14.0 Å². The summed E-state index contributed by atoms with van der Waals surface area (Å²) in [5.74, 6) is -0.633. The van der Waals surface area contributed by atoms with Crippen LogP contribution in [0, 0.1) is 0 Å². The van der Waals surface area contributed by atoms with Crippen LogP contribution < -0.4 is 9.47 Å². The van der Waals surface area contributed by atoms with Crippen molar-refractivity contribution in [2.24, 2.45) is 0 Å². The van der Waals surface area contributed by atoms with Crippen molar-refractivity contribution in [3.63, 3.8) is 0 Å². The summed E-state index contributed by atoms with van der Waals surface area (Å²) in [7, 11) is -4.87. The Hall–Kier alpha value is -2.82. The van der Waals surface area contributed by atoms with Gasteiger partial charge in [-0.1, -0.05) is 6.07 Å². The molecule has 1 aliphatic rings. The fraction of sp³-hybridized carbons (Fsp3) is 0.133. The predicted molar refractivity (Wildman–Crippen MR) is 82.0 cm³/mol. The van der Waals surface area contributed by atoms with Crippen LogP contribution in [0.4, 0.5) is 0 Å². The largest absolute Gasteiger partial charge is 0.504 e. The second kappa shape index (κ2) is 6.24. The third-order valence-electron chi connectivity index (χ3n) is 3.39. The normalized spacial score (nSPS) is 19.4. The fourth-order valence-electron chi connectivity index (χ4n) is 2.30. The quantitative estimate of drug-likeness (QED) is 0.417. The molecule has 2 aromatic carbocycles. The van der Waals surface area contributed by atoms with Gasteiger partial charge in [-0.2, -0.15) is 8.42 Å². The van der Waals surface area contributed by atoms with Crippen molar-refractivity contribution in [2.75, 3.05) is 0 Å². The third kappa shape index (κ3) is 3.65. The molecule has 0 saturated carbocycles. The van der Waals surface area contributed by atoms with E-state index in [2.05, 4.69) is 4.18 Å². The highest BCUT2D eigenvalue weighted by molar-refractivity contribution is 7.80. The number of phenolic OH excluding ortho intramolecular Hbond substituents is 2. The fourth-order valence-corrected chi connectivity index (χ4v) is 2.68. The molecule has 9 nitrogen and oxygen atoms in total. The standard InChI is InChI=1S/C15H12O9S/c16-7-8-1-4-12-13(5-8)22-14(15(23-12)24-25(19,20)21)9-2-3-10(17)11(18)6-9/h1-7,14-15,17-18H,(H,19,20,21)/t14-,15-/m0/s1. The number of carbonyl (C=O) groups is 1. The average molecular weight is 368 g/mol. The van der Waals surface area contributed by atoms with Gasteiger partial charge in [-0.25, -0.2) is 4.18 Å². The Morgan fingerprint density at radius 2 is 1.76 bits per heavy atom. The van der Waals surface area contributed by atoms with Crippen LogP contribution in [0.15, 0.2) is 36.4 Å². The molecule has 132 valence electrons. The van der Waals surface area contributed by atoms with Gasteiger partial charge in [0.15, 0.2) is 29.1 Å². The zero-order valence-corrected chi connectivity index (χ0v) is 13.2. The maximum absolute atomic E-state index is 11.1. The lowest BCUT2D eigenvalue weighted by molar-refractivity contribution is -0.0990. The number of phenols is 2. The molecule has 0 radical (unpaired) electrons. The van der Waals surface area contributed by atoms with E-state index in [1.807, 2.05) is 0 Å². The molecular formula is C15H12O9S. The number of carbonyl (C=O) groups excluding carboxylic acids is 1. The molecule has 0 spiro atoms. The molecule has 0 aliphatic carbocycles. The second-order valence-corrected chi connectivity index (χ2v) is 6.17. The van der Waals surface area contributed by atoms with Gasteiger partial charge in [-0.3, -0.25) is 9.35 Å². The van der Waals surface area contributed by atoms with Crippen LogP contribution in [0.1, 0.15) is 22.0 Å². The highest BCUT2D eigenvalue weighted by Crippen LogP contribution is 2.42. The smallest absolute Gasteiger partial charge is 0.400 e. The Bertz CT molecular complexity index is 923. The van der Waals surface area contributed by atoms with Gasteiger partial charge in [-0.05, 0) is 30.3 Å². The molecule has 3 N–H and O–H groups in total. The van der Waals surface area contributed by atoms with Gasteiger partial charge in [0.2, 0.25) is 0 Å². The van der Waals surface area contributed by atoms with Crippen molar-refractivity contribution in [3.05, 3.63) is 47.5 Å². The van der Waals surface area contributed by atoms with Crippen LogP contribution in [0.2, 0.25) is 0 Å². The minimum absolute atomic E-state index is 0.0958. The molecule has 0 amide bonds. The van der Waals surface area contributed by atoms with Gasteiger partial charge in [0, 0.05) is 11.1 Å². The molecule has 2 aromatic rings. The summed E-state index contributed by atoms with van der Waals surface area (Å²) in [4.78, 5) is 10.9. The zero-order valence-electron chi connectivity index (χ0n) is 12.4. The predicted octanol–water partition coefficient (Wildman–Crippen LogP) is 1.57. The summed E-state index contributed by atoms with van der Waals surface area (Å²) >= 11 is 0. The first-order chi connectivity index (χ1) is 11.8. The monoisotopic (exact) mass is 368 g/mol.